The first-order valence-corrected chi connectivity index (χ1v) is 8.29. The molecule has 0 aromatic heterocycles. The summed E-state index contributed by atoms with van der Waals surface area (Å²) in [7, 11) is 0. The second-order valence-corrected chi connectivity index (χ2v) is 6.22. The lowest BCUT2D eigenvalue weighted by atomic mass is 9.97. The molecule has 7 nitrogen and oxygen atoms in total. The number of carbonyl (C=O) groups excluding carboxylic acids is 2. The van der Waals surface area contributed by atoms with Crippen LogP contribution >= 0.6 is 0 Å². The van der Waals surface area contributed by atoms with Crippen molar-refractivity contribution in [3.8, 4) is 0 Å². The molecule has 0 radical (unpaired) electrons. The van der Waals surface area contributed by atoms with E-state index in [1.165, 1.54) is 36.4 Å². The maximum Gasteiger partial charge on any atom is 0.331 e. The normalized spacial score (nSPS) is 20.5. The van der Waals surface area contributed by atoms with Crippen molar-refractivity contribution in [1.29, 1.82) is 0 Å². The Morgan fingerprint density at radius 3 is 2.40 bits per heavy atom. The fourth-order valence-electron chi connectivity index (χ4n) is 3.04. The second kappa shape index (κ2) is 8.41. The van der Waals surface area contributed by atoms with Gasteiger partial charge in [0.15, 0.2) is 6.61 Å². The minimum absolute atomic E-state index is 0.0184. The summed E-state index contributed by atoms with van der Waals surface area (Å²) in [4.78, 5) is 35.9. The lowest BCUT2D eigenvalue weighted by Gasteiger charge is -2.38. The fraction of sp³-hybridized carbons (Fsp3) is 0.444. The molecule has 1 aromatic rings. The highest BCUT2D eigenvalue weighted by molar-refractivity contribution is 5.89. The number of rotatable bonds is 5. The summed E-state index contributed by atoms with van der Waals surface area (Å²) in [5.41, 5.74) is 0.613. The Hall–Kier alpha value is -2.70. The molecular weight excluding hydrogens is 324 g/mol. The molecule has 0 bridgehead atoms. The summed E-state index contributed by atoms with van der Waals surface area (Å²) >= 11 is 0. The van der Waals surface area contributed by atoms with Crippen LogP contribution in [0, 0.1) is 10.1 Å². The van der Waals surface area contributed by atoms with Gasteiger partial charge < -0.3 is 9.64 Å². The zero-order chi connectivity index (χ0) is 18.4. The highest BCUT2D eigenvalue weighted by Gasteiger charge is 2.29. The molecule has 0 saturated carbocycles. The van der Waals surface area contributed by atoms with Crippen molar-refractivity contribution in [2.75, 3.05) is 6.61 Å². The quantitative estimate of drug-likeness (QED) is 0.354. The zero-order valence-corrected chi connectivity index (χ0v) is 14.4. The molecular formula is C18H22N2O5. The van der Waals surface area contributed by atoms with Gasteiger partial charge in [0.05, 0.1) is 4.92 Å². The number of nitro groups is 1. The van der Waals surface area contributed by atoms with Gasteiger partial charge in [-0.3, -0.25) is 14.9 Å². The fourth-order valence-corrected chi connectivity index (χ4v) is 3.04. The predicted octanol–water partition coefficient (Wildman–Crippen LogP) is 2.94. The van der Waals surface area contributed by atoms with E-state index in [4.69, 9.17) is 4.74 Å². The van der Waals surface area contributed by atoms with Gasteiger partial charge in [-0.1, -0.05) is 0 Å². The first-order chi connectivity index (χ1) is 11.9. The van der Waals surface area contributed by atoms with Gasteiger partial charge in [0.2, 0.25) is 0 Å². The van der Waals surface area contributed by atoms with Gasteiger partial charge in [-0.15, -0.1) is 0 Å². The average molecular weight is 346 g/mol. The number of non-ortho nitro benzene ring substituents is 1. The number of hydrogen-bond donors (Lipinski definition) is 0. The van der Waals surface area contributed by atoms with Crippen LogP contribution in [-0.4, -0.2) is 40.4 Å². The Morgan fingerprint density at radius 1 is 1.24 bits per heavy atom. The van der Waals surface area contributed by atoms with E-state index in [1.54, 1.807) is 4.90 Å². The molecule has 134 valence electrons. The third-order valence-corrected chi connectivity index (χ3v) is 4.34. The molecule has 1 aliphatic rings. The Morgan fingerprint density at radius 2 is 1.84 bits per heavy atom. The van der Waals surface area contributed by atoms with E-state index < -0.39 is 10.9 Å². The lowest BCUT2D eigenvalue weighted by Crippen LogP contribution is -2.49. The Bertz CT molecular complexity index is 659. The van der Waals surface area contributed by atoms with Crippen molar-refractivity contribution in [3.63, 3.8) is 0 Å². The summed E-state index contributed by atoms with van der Waals surface area (Å²) in [6.07, 6.45) is 5.72. The molecule has 1 amide bonds. The van der Waals surface area contributed by atoms with Gasteiger partial charge >= 0.3 is 5.97 Å². The molecule has 1 aliphatic heterocycles. The highest BCUT2D eigenvalue weighted by atomic mass is 16.6. The first kappa shape index (κ1) is 18.6. The number of piperidine rings is 1. The SMILES string of the molecule is C[C@@H]1CCC[C@@H](C)N1C(=O)COC(=O)/C=C/c1ccc([N+](=O)[O-])cc1. The third kappa shape index (κ3) is 5.14. The molecule has 0 N–H and O–H groups in total. The standard InChI is InChI=1S/C18H22N2O5/c1-13-4-3-5-14(2)19(13)17(21)12-25-18(22)11-8-15-6-9-16(10-7-15)20(23)24/h6-11,13-14H,3-5,12H2,1-2H3/b11-8+/t13-,14-/m1/s1. The van der Waals surface area contributed by atoms with Gasteiger partial charge in [-0.25, -0.2) is 4.79 Å². The summed E-state index contributed by atoms with van der Waals surface area (Å²) < 4.78 is 5.01. The maximum absolute atomic E-state index is 12.3. The Labute approximate surface area is 146 Å². The average Bonchev–Trinajstić information content (AvgIpc) is 2.58. The molecule has 1 aromatic carbocycles. The van der Waals surface area contributed by atoms with Crippen LogP contribution in [0.2, 0.25) is 0 Å². The van der Waals surface area contributed by atoms with Gasteiger partial charge in [0, 0.05) is 30.3 Å². The number of amides is 1. The lowest BCUT2D eigenvalue weighted by molar-refractivity contribution is -0.384. The van der Waals surface area contributed by atoms with Crippen molar-refractivity contribution in [2.45, 2.75) is 45.2 Å². The number of esters is 1. The van der Waals surface area contributed by atoms with Gasteiger partial charge in [0.1, 0.15) is 0 Å². The summed E-state index contributed by atoms with van der Waals surface area (Å²) in [5, 5.41) is 10.6. The summed E-state index contributed by atoms with van der Waals surface area (Å²) in [6, 6.07) is 6.09. The molecule has 1 heterocycles. The number of nitro benzene ring substituents is 1. The van der Waals surface area contributed by atoms with Crippen molar-refractivity contribution >= 4 is 23.6 Å². The molecule has 25 heavy (non-hydrogen) atoms. The van der Waals surface area contributed by atoms with E-state index in [1.807, 2.05) is 13.8 Å². The predicted molar refractivity (Wildman–Crippen MR) is 92.7 cm³/mol. The molecule has 0 unspecified atom stereocenters. The first-order valence-electron chi connectivity index (χ1n) is 8.29. The van der Waals surface area contributed by atoms with Crippen molar-refractivity contribution < 1.29 is 19.2 Å². The Kier molecular flexibility index (Phi) is 6.27. The van der Waals surface area contributed by atoms with Crippen LogP contribution in [0.25, 0.3) is 6.08 Å². The van der Waals surface area contributed by atoms with Crippen LogP contribution in [-0.2, 0) is 14.3 Å². The number of benzene rings is 1. The monoisotopic (exact) mass is 346 g/mol. The molecule has 0 aliphatic carbocycles. The molecule has 2 atom stereocenters. The van der Waals surface area contributed by atoms with Crippen LogP contribution in [0.4, 0.5) is 5.69 Å². The Balaban J connectivity index is 1.85. The number of nitrogens with zero attached hydrogens (tertiary/aromatic N) is 2. The van der Waals surface area contributed by atoms with E-state index in [9.17, 15) is 19.7 Å². The van der Waals surface area contributed by atoms with Crippen LogP contribution in [0.5, 0.6) is 0 Å². The largest absolute Gasteiger partial charge is 0.452 e. The van der Waals surface area contributed by atoms with E-state index >= 15 is 0 Å². The third-order valence-electron chi connectivity index (χ3n) is 4.34. The minimum atomic E-state index is -0.621. The van der Waals surface area contributed by atoms with Gasteiger partial charge in [0.25, 0.3) is 11.6 Å². The van der Waals surface area contributed by atoms with E-state index in [2.05, 4.69) is 0 Å². The molecule has 7 heteroatoms. The summed E-state index contributed by atoms with van der Waals surface area (Å²) in [5.74, 6) is -0.805. The van der Waals surface area contributed by atoms with E-state index in [-0.39, 0.29) is 30.3 Å². The number of carbonyl (C=O) groups is 2. The van der Waals surface area contributed by atoms with Crippen LogP contribution in [0.15, 0.2) is 30.3 Å². The molecule has 0 spiro atoms. The van der Waals surface area contributed by atoms with Crippen LogP contribution in [0.3, 0.4) is 0 Å². The minimum Gasteiger partial charge on any atom is -0.452 e. The zero-order valence-electron chi connectivity index (χ0n) is 14.4. The molecule has 2 rings (SSSR count). The topological polar surface area (TPSA) is 89.8 Å². The van der Waals surface area contributed by atoms with Crippen molar-refractivity contribution in [1.82, 2.24) is 4.90 Å². The van der Waals surface area contributed by atoms with Crippen LogP contribution < -0.4 is 0 Å². The van der Waals surface area contributed by atoms with E-state index in [0.29, 0.717) is 5.56 Å². The maximum atomic E-state index is 12.3. The van der Waals surface area contributed by atoms with Gasteiger partial charge in [-0.2, -0.15) is 0 Å². The number of ether oxygens (including phenoxy) is 1. The van der Waals surface area contributed by atoms with Crippen molar-refractivity contribution in [3.05, 3.63) is 46.0 Å². The van der Waals surface area contributed by atoms with Crippen LogP contribution in [0.1, 0.15) is 38.7 Å². The van der Waals surface area contributed by atoms with E-state index in [0.717, 1.165) is 19.3 Å². The molecule has 1 fully saturated rings. The van der Waals surface area contributed by atoms with Gasteiger partial charge in [-0.05, 0) is 56.9 Å². The van der Waals surface area contributed by atoms with Crippen molar-refractivity contribution in [2.24, 2.45) is 0 Å². The number of likely N-dealkylation sites (tertiary alicyclic amines) is 1. The second-order valence-electron chi connectivity index (χ2n) is 6.22. The number of hydrogen-bond acceptors (Lipinski definition) is 5. The highest BCUT2D eigenvalue weighted by Crippen LogP contribution is 2.22. The summed E-state index contributed by atoms with van der Waals surface area (Å²) in [6.45, 7) is 3.73. The smallest absolute Gasteiger partial charge is 0.331 e. The molecule has 1 saturated heterocycles.